The maximum atomic E-state index is 13.1. The molecular formula is C16H18FN3S. The van der Waals surface area contributed by atoms with Crippen LogP contribution in [0, 0.1) is 5.82 Å². The monoisotopic (exact) mass is 303 g/mol. The summed E-state index contributed by atoms with van der Waals surface area (Å²) in [6, 6.07) is 6.66. The van der Waals surface area contributed by atoms with Gasteiger partial charge in [0.25, 0.3) is 0 Å². The van der Waals surface area contributed by atoms with Gasteiger partial charge in [-0.2, -0.15) is 0 Å². The number of nitrogens with zero attached hydrogens (tertiary/aromatic N) is 2. The number of hydrogen-bond donors (Lipinski definition) is 1. The van der Waals surface area contributed by atoms with Gasteiger partial charge < -0.3 is 5.73 Å². The van der Waals surface area contributed by atoms with Crippen LogP contribution < -0.4 is 5.73 Å². The Labute approximate surface area is 128 Å². The van der Waals surface area contributed by atoms with Crippen LogP contribution in [0.5, 0.6) is 0 Å². The van der Waals surface area contributed by atoms with Gasteiger partial charge in [-0.25, -0.2) is 14.4 Å². The van der Waals surface area contributed by atoms with Gasteiger partial charge in [-0.15, -0.1) is 11.8 Å². The summed E-state index contributed by atoms with van der Waals surface area (Å²) in [5.41, 5.74) is 8.33. The van der Waals surface area contributed by atoms with Crippen LogP contribution in [0.3, 0.4) is 0 Å². The summed E-state index contributed by atoms with van der Waals surface area (Å²) in [7, 11) is 0. The molecule has 1 aliphatic carbocycles. The van der Waals surface area contributed by atoms with Crippen molar-refractivity contribution >= 4 is 11.8 Å². The molecule has 110 valence electrons. The van der Waals surface area contributed by atoms with E-state index < -0.39 is 0 Å². The van der Waals surface area contributed by atoms with Crippen molar-refractivity contribution in [2.45, 2.75) is 42.4 Å². The second-order valence-corrected chi connectivity index (χ2v) is 6.34. The fraction of sp³-hybridized carbons (Fsp3) is 0.375. The van der Waals surface area contributed by atoms with Gasteiger partial charge in [-0.3, -0.25) is 0 Å². The summed E-state index contributed by atoms with van der Waals surface area (Å²) in [5.74, 6) is 1.22. The van der Waals surface area contributed by atoms with Crippen molar-refractivity contribution in [3.63, 3.8) is 0 Å². The highest BCUT2D eigenvalue weighted by molar-refractivity contribution is 7.98. The lowest BCUT2D eigenvalue weighted by atomic mass is 10.1. The van der Waals surface area contributed by atoms with E-state index in [9.17, 15) is 4.39 Å². The molecule has 1 atom stereocenters. The number of halogens is 1. The van der Waals surface area contributed by atoms with E-state index in [0.29, 0.717) is 5.75 Å². The summed E-state index contributed by atoms with van der Waals surface area (Å²) >= 11 is 1.55. The van der Waals surface area contributed by atoms with E-state index in [0.717, 1.165) is 47.7 Å². The molecule has 0 saturated heterocycles. The predicted molar refractivity (Wildman–Crippen MR) is 82.5 cm³/mol. The van der Waals surface area contributed by atoms with Gasteiger partial charge in [0.1, 0.15) is 11.6 Å². The molecule has 21 heavy (non-hydrogen) atoms. The zero-order valence-electron chi connectivity index (χ0n) is 11.8. The number of nitrogens with two attached hydrogens (primary N) is 1. The number of thioether (sulfide) groups is 1. The third-order valence-electron chi connectivity index (χ3n) is 3.69. The van der Waals surface area contributed by atoms with Crippen LogP contribution in [0.2, 0.25) is 0 Å². The minimum Gasteiger partial charge on any atom is -0.324 e. The van der Waals surface area contributed by atoms with E-state index in [4.69, 9.17) is 5.73 Å². The van der Waals surface area contributed by atoms with Gasteiger partial charge in [0, 0.05) is 28.4 Å². The number of rotatable bonds is 3. The lowest BCUT2D eigenvalue weighted by molar-refractivity contribution is 0.614. The Morgan fingerprint density at radius 2 is 2.24 bits per heavy atom. The van der Waals surface area contributed by atoms with Crippen LogP contribution >= 0.6 is 11.8 Å². The first-order chi connectivity index (χ1) is 10.2. The first kappa shape index (κ1) is 14.5. The van der Waals surface area contributed by atoms with E-state index >= 15 is 0 Å². The van der Waals surface area contributed by atoms with Gasteiger partial charge in [0.15, 0.2) is 0 Å². The van der Waals surface area contributed by atoms with Crippen molar-refractivity contribution in [3.05, 3.63) is 53.4 Å². The molecule has 1 aliphatic rings. The average Bonchev–Trinajstić information content (AvgIpc) is 2.67. The van der Waals surface area contributed by atoms with Crippen LogP contribution in [0.4, 0.5) is 4.39 Å². The van der Waals surface area contributed by atoms with Crippen molar-refractivity contribution in [2.24, 2.45) is 5.73 Å². The molecule has 0 aliphatic heterocycles. The molecule has 1 aromatic heterocycles. The quantitative estimate of drug-likeness (QED) is 0.695. The molecule has 0 amide bonds. The SMILES string of the molecule is NC1CCCCc2nc(CSc3cccc(F)c3)ncc21. The van der Waals surface area contributed by atoms with Crippen LogP contribution in [0.25, 0.3) is 0 Å². The average molecular weight is 303 g/mol. The summed E-state index contributed by atoms with van der Waals surface area (Å²) in [6.07, 6.45) is 6.13. The number of hydrogen-bond acceptors (Lipinski definition) is 4. The summed E-state index contributed by atoms with van der Waals surface area (Å²) in [6.45, 7) is 0. The largest absolute Gasteiger partial charge is 0.324 e. The molecule has 1 unspecified atom stereocenters. The fourth-order valence-electron chi connectivity index (χ4n) is 2.56. The highest BCUT2D eigenvalue weighted by atomic mass is 32.2. The lowest BCUT2D eigenvalue weighted by Crippen LogP contribution is -2.13. The van der Waals surface area contributed by atoms with Crippen molar-refractivity contribution in [1.29, 1.82) is 0 Å². The molecule has 5 heteroatoms. The smallest absolute Gasteiger partial charge is 0.138 e. The summed E-state index contributed by atoms with van der Waals surface area (Å²) in [4.78, 5) is 9.97. The predicted octanol–water partition coefficient (Wildman–Crippen LogP) is 3.63. The van der Waals surface area contributed by atoms with Gasteiger partial charge in [0.05, 0.1) is 5.75 Å². The van der Waals surface area contributed by atoms with Crippen LogP contribution in [0.15, 0.2) is 35.4 Å². The Morgan fingerprint density at radius 1 is 1.33 bits per heavy atom. The van der Waals surface area contributed by atoms with E-state index in [2.05, 4.69) is 9.97 Å². The minimum atomic E-state index is -0.214. The standard InChI is InChI=1S/C16H18FN3S/c17-11-4-3-5-12(8-11)21-10-16-19-9-13-14(18)6-1-2-7-15(13)20-16/h3-5,8-9,14H,1-2,6-7,10,18H2. The lowest BCUT2D eigenvalue weighted by Gasteiger charge is -2.12. The third-order valence-corrected chi connectivity index (χ3v) is 4.68. The van der Waals surface area contributed by atoms with E-state index in [-0.39, 0.29) is 11.9 Å². The van der Waals surface area contributed by atoms with Crippen molar-refractivity contribution in [2.75, 3.05) is 0 Å². The molecule has 1 heterocycles. The van der Waals surface area contributed by atoms with Crippen molar-refractivity contribution in [3.8, 4) is 0 Å². The molecule has 0 bridgehead atoms. The van der Waals surface area contributed by atoms with Gasteiger partial charge in [-0.1, -0.05) is 12.5 Å². The van der Waals surface area contributed by atoms with Gasteiger partial charge in [0.2, 0.25) is 0 Å². The van der Waals surface area contributed by atoms with Gasteiger partial charge >= 0.3 is 0 Å². The van der Waals surface area contributed by atoms with E-state index in [1.54, 1.807) is 17.8 Å². The van der Waals surface area contributed by atoms with Crippen LogP contribution in [-0.4, -0.2) is 9.97 Å². The highest BCUT2D eigenvalue weighted by Crippen LogP contribution is 2.27. The van der Waals surface area contributed by atoms with E-state index in [1.807, 2.05) is 12.3 Å². The molecule has 3 nitrogen and oxygen atoms in total. The zero-order valence-corrected chi connectivity index (χ0v) is 12.6. The molecule has 3 rings (SSSR count). The van der Waals surface area contributed by atoms with E-state index in [1.165, 1.54) is 12.1 Å². The van der Waals surface area contributed by atoms with Crippen molar-refractivity contribution < 1.29 is 4.39 Å². The summed E-state index contributed by atoms with van der Waals surface area (Å²) < 4.78 is 13.1. The molecular weight excluding hydrogens is 285 g/mol. The van der Waals surface area contributed by atoms with Crippen LogP contribution in [-0.2, 0) is 12.2 Å². The summed E-state index contributed by atoms with van der Waals surface area (Å²) in [5, 5.41) is 0. The fourth-order valence-corrected chi connectivity index (χ4v) is 3.37. The number of aryl methyl sites for hydroxylation is 1. The topological polar surface area (TPSA) is 51.8 Å². The van der Waals surface area contributed by atoms with Crippen LogP contribution in [0.1, 0.15) is 42.4 Å². The minimum absolute atomic E-state index is 0.0624. The Balaban J connectivity index is 1.73. The van der Waals surface area contributed by atoms with Gasteiger partial charge in [-0.05, 0) is 37.5 Å². The second-order valence-electron chi connectivity index (χ2n) is 5.29. The molecule has 0 spiro atoms. The second kappa shape index (κ2) is 6.54. The molecule has 2 N–H and O–H groups in total. The maximum Gasteiger partial charge on any atom is 0.138 e. The third kappa shape index (κ3) is 3.60. The Morgan fingerprint density at radius 3 is 3.10 bits per heavy atom. The number of benzene rings is 1. The molecule has 0 fully saturated rings. The Bertz CT molecular complexity index is 633. The first-order valence-electron chi connectivity index (χ1n) is 7.21. The number of fused-ring (bicyclic) bond motifs is 1. The normalized spacial score (nSPS) is 18.1. The number of aromatic nitrogens is 2. The van der Waals surface area contributed by atoms with Crippen molar-refractivity contribution in [1.82, 2.24) is 9.97 Å². The highest BCUT2D eigenvalue weighted by Gasteiger charge is 2.17. The molecule has 1 aromatic carbocycles. The maximum absolute atomic E-state index is 13.1. The molecule has 2 aromatic rings. The first-order valence-corrected chi connectivity index (χ1v) is 8.19. The Kier molecular flexibility index (Phi) is 4.51. The Hall–Kier alpha value is -1.46. The molecule has 0 radical (unpaired) electrons. The molecule has 0 saturated carbocycles. The zero-order chi connectivity index (χ0) is 14.7.